The Morgan fingerprint density at radius 3 is 2.03 bits per heavy atom. The molecule has 3 rings (SSSR count). The first-order valence-electron chi connectivity index (χ1n) is 11.3. The standard InChI is InChI=1S/C22H37N3O5/c1-15-13-24(14-16(2)29-15)19(26)17-8-11-23(12-9-17)20(27)18-7-6-10-25(18)21(28)30-22(3,4)5/h15-18H,6-14H2,1-5H3. The molecule has 30 heavy (non-hydrogen) atoms. The van der Waals surface area contributed by atoms with Crippen LogP contribution in [-0.2, 0) is 19.1 Å². The van der Waals surface area contributed by atoms with Crippen molar-refractivity contribution in [2.45, 2.75) is 84.2 Å². The van der Waals surface area contributed by atoms with Crippen molar-refractivity contribution in [2.24, 2.45) is 5.92 Å². The van der Waals surface area contributed by atoms with Crippen LogP contribution in [0.15, 0.2) is 0 Å². The van der Waals surface area contributed by atoms with E-state index in [-0.39, 0.29) is 29.9 Å². The van der Waals surface area contributed by atoms with Gasteiger partial charge in [0.25, 0.3) is 0 Å². The number of hydrogen-bond donors (Lipinski definition) is 0. The fraction of sp³-hybridized carbons (Fsp3) is 0.864. The van der Waals surface area contributed by atoms with Crippen molar-refractivity contribution in [1.29, 1.82) is 0 Å². The van der Waals surface area contributed by atoms with Crippen LogP contribution in [-0.4, -0.2) is 89.2 Å². The van der Waals surface area contributed by atoms with Gasteiger partial charge in [0.05, 0.1) is 12.2 Å². The van der Waals surface area contributed by atoms with E-state index in [1.54, 1.807) is 4.90 Å². The highest BCUT2D eigenvalue weighted by atomic mass is 16.6. The number of carbonyl (C=O) groups excluding carboxylic acids is 3. The zero-order valence-corrected chi connectivity index (χ0v) is 19.1. The van der Waals surface area contributed by atoms with E-state index in [4.69, 9.17) is 9.47 Å². The Morgan fingerprint density at radius 1 is 0.867 bits per heavy atom. The molecular weight excluding hydrogens is 386 g/mol. The zero-order chi connectivity index (χ0) is 22.1. The summed E-state index contributed by atoms with van der Waals surface area (Å²) in [5.41, 5.74) is -0.583. The Labute approximate surface area is 179 Å². The SMILES string of the molecule is CC1CN(C(=O)C2CCN(C(=O)C3CCCN3C(=O)OC(C)(C)C)CC2)CC(C)O1. The Balaban J connectivity index is 1.53. The molecule has 0 aromatic carbocycles. The van der Waals surface area contributed by atoms with Gasteiger partial charge in [-0.15, -0.1) is 0 Å². The number of carbonyl (C=O) groups is 3. The maximum Gasteiger partial charge on any atom is 0.410 e. The largest absolute Gasteiger partial charge is 0.444 e. The molecular formula is C22H37N3O5. The number of likely N-dealkylation sites (tertiary alicyclic amines) is 2. The van der Waals surface area contributed by atoms with Gasteiger partial charge in [-0.2, -0.15) is 0 Å². The molecule has 3 aliphatic rings. The number of ether oxygens (including phenoxy) is 2. The van der Waals surface area contributed by atoms with Gasteiger partial charge in [0.1, 0.15) is 11.6 Å². The van der Waals surface area contributed by atoms with Crippen molar-refractivity contribution in [1.82, 2.24) is 14.7 Å². The van der Waals surface area contributed by atoms with Crippen LogP contribution in [0.3, 0.4) is 0 Å². The van der Waals surface area contributed by atoms with Crippen molar-refractivity contribution in [3.63, 3.8) is 0 Å². The molecule has 3 aliphatic heterocycles. The van der Waals surface area contributed by atoms with E-state index in [9.17, 15) is 14.4 Å². The van der Waals surface area contributed by atoms with E-state index >= 15 is 0 Å². The lowest BCUT2D eigenvalue weighted by molar-refractivity contribution is -0.150. The van der Waals surface area contributed by atoms with Gasteiger partial charge in [0.15, 0.2) is 0 Å². The summed E-state index contributed by atoms with van der Waals surface area (Å²) in [5.74, 6) is 0.121. The van der Waals surface area contributed by atoms with Crippen LogP contribution in [0.25, 0.3) is 0 Å². The molecule has 0 aromatic heterocycles. The zero-order valence-electron chi connectivity index (χ0n) is 19.1. The summed E-state index contributed by atoms with van der Waals surface area (Å²) in [7, 11) is 0. The summed E-state index contributed by atoms with van der Waals surface area (Å²) in [4.78, 5) is 43.9. The van der Waals surface area contributed by atoms with E-state index in [1.165, 1.54) is 0 Å². The van der Waals surface area contributed by atoms with Crippen molar-refractivity contribution in [3.8, 4) is 0 Å². The molecule has 0 saturated carbocycles. The minimum Gasteiger partial charge on any atom is -0.444 e. The van der Waals surface area contributed by atoms with Gasteiger partial charge < -0.3 is 19.3 Å². The van der Waals surface area contributed by atoms with Gasteiger partial charge in [0.2, 0.25) is 11.8 Å². The van der Waals surface area contributed by atoms with Gasteiger partial charge >= 0.3 is 6.09 Å². The smallest absolute Gasteiger partial charge is 0.410 e. The Morgan fingerprint density at radius 2 is 1.47 bits per heavy atom. The third-order valence-corrected chi connectivity index (χ3v) is 6.05. The lowest BCUT2D eigenvalue weighted by Crippen LogP contribution is -2.53. The number of hydrogen-bond acceptors (Lipinski definition) is 5. The Hall–Kier alpha value is -1.83. The Bertz CT molecular complexity index is 644. The number of amides is 3. The second-order valence-corrected chi connectivity index (χ2v) is 9.93. The fourth-order valence-electron chi connectivity index (χ4n) is 4.74. The minimum atomic E-state index is -0.583. The second-order valence-electron chi connectivity index (χ2n) is 9.93. The maximum absolute atomic E-state index is 13.1. The van der Waals surface area contributed by atoms with E-state index in [2.05, 4.69) is 0 Å². The van der Waals surface area contributed by atoms with Crippen LogP contribution in [0.1, 0.15) is 60.3 Å². The van der Waals surface area contributed by atoms with E-state index < -0.39 is 17.7 Å². The van der Waals surface area contributed by atoms with E-state index in [1.807, 2.05) is 44.4 Å². The molecule has 0 aliphatic carbocycles. The first-order chi connectivity index (χ1) is 14.0. The third kappa shape index (κ3) is 5.45. The van der Waals surface area contributed by atoms with Gasteiger partial charge in [-0.3, -0.25) is 14.5 Å². The molecule has 3 fully saturated rings. The van der Waals surface area contributed by atoms with Crippen molar-refractivity contribution in [2.75, 3.05) is 32.7 Å². The lowest BCUT2D eigenvalue weighted by Gasteiger charge is -2.40. The third-order valence-electron chi connectivity index (χ3n) is 6.05. The highest BCUT2D eigenvalue weighted by Gasteiger charge is 2.40. The summed E-state index contributed by atoms with van der Waals surface area (Å²) < 4.78 is 11.2. The molecule has 8 nitrogen and oxygen atoms in total. The summed E-state index contributed by atoms with van der Waals surface area (Å²) in [6.07, 6.45) is 2.51. The highest BCUT2D eigenvalue weighted by Crippen LogP contribution is 2.26. The van der Waals surface area contributed by atoms with Gasteiger partial charge in [-0.05, 0) is 60.3 Å². The monoisotopic (exact) mass is 423 g/mol. The molecule has 170 valence electrons. The maximum atomic E-state index is 13.1. The average molecular weight is 424 g/mol. The van der Waals surface area contributed by atoms with Crippen LogP contribution in [0.4, 0.5) is 4.79 Å². The number of piperidine rings is 1. The molecule has 0 N–H and O–H groups in total. The summed E-state index contributed by atoms with van der Waals surface area (Å²) >= 11 is 0. The van der Waals surface area contributed by atoms with Gasteiger partial charge in [0, 0.05) is 38.6 Å². The molecule has 3 heterocycles. The average Bonchev–Trinajstić information content (AvgIpc) is 3.15. The number of nitrogens with zero attached hydrogens (tertiary/aromatic N) is 3. The predicted molar refractivity (Wildman–Crippen MR) is 112 cm³/mol. The normalized spacial score (nSPS) is 28.6. The topological polar surface area (TPSA) is 79.4 Å². The summed E-state index contributed by atoms with van der Waals surface area (Å²) in [6.45, 7) is 12.4. The highest BCUT2D eigenvalue weighted by molar-refractivity contribution is 5.87. The van der Waals surface area contributed by atoms with Crippen molar-refractivity contribution < 1.29 is 23.9 Å². The first kappa shape index (κ1) is 22.8. The molecule has 8 heteroatoms. The molecule has 0 aromatic rings. The molecule has 3 atom stereocenters. The minimum absolute atomic E-state index is 0.0159. The van der Waals surface area contributed by atoms with Gasteiger partial charge in [-0.25, -0.2) is 4.79 Å². The van der Waals surface area contributed by atoms with E-state index in [0.717, 1.165) is 6.42 Å². The lowest BCUT2D eigenvalue weighted by atomic mass is 9.94. The van der Waals surface area contributed by atoms with Crippen LogP contribution in [0.5, 0.6) is 0 Å². The van der Waals surface area contributed by atoms with E-state index in [0.29, 0.717) is 52.0 Å². The molecule has 3 saturated heterocycles. The second kappa shape index (κ2) is 9.12. The van der Waals surface area contributed by atoms with Crippen molar-refractivity contribution in [3.05, 3.63) is 0 Å². The number of rotatable bonds is 2. The summed E-state index contributed by atoms with van der Waals surface area (Å²) in [6, 6.07) is -0.451. The fourth-order valence-corrected chi connectivity index (χ4v) is 4.74. The summed E-state index contributed by atoms with van der Waals surface area (Å²) in [5, 5.41) is 0. The molecule has 3 unspecified atom stereocenters. The molecule has 0 radical (unpaired) electrons. The predicted octanol–water partition coefficient (Wildman–Crippen LogP) is 2.26. The van der Waals surface area contributed by atoms with Crippen LogP contribution < -0.4 is 0 Å². The number of morpholine rings is 1. The van der Waals surface area contributed by atoms with Gasteiger partial charge in [-0.1, -0.05) is 0 Å². The van der Waals surface area contributed by atoms with Crippen LogP contribution in [0.2, 0.25) is 0 Å². The van der Waals surface area contributed by atoms with Crippen LogP contribution in [0, 0.1) is 5.92 Å². The van der Waals surface area contributed by atoms with Crippen LogP contribution >= 0.6 is 0 Å². The molecule has 0 spiro atoms. The Kier molecular flexibility index (Phi) is 6.95. The molecule has 0 bridgehead atoms. The quantitative estimate of drug-likeness (QED) is 0.681. The van der Waals surface area contributed by atoms with Crippen molar-refractivity contribution >= 4 is 17.9 Å². The first-order valence-corrected chi connectivity index (χ1v) is 11.3. The molecule has 3 amide bonds.